The SMILES string of the molecule is CC(S)C[Se]CC(C)S. The molecular weight excluding hydrogens is 215 g/mol. The second-order valence-electron chi connectivity index (χ2n) is 2.24. The second kappa shape index (κ2) is 5.96. The molecule has 0 N–H and O–H groups in total. The van der Waals surface area contributed by atoms with E-state index in [1.165, 1.54) is 10.6 Å². The molecule has 3 heteroatoms. The molecule has 0 aliphatic rings. The summed E-state index contributed by atoms with van der Waals surface area (Å²) in [7, 11) is 0. The van der Waals surface area contributed by atoms with Gasteiger partial charge in [0.2, 0.25) is 0 Å². The fraction of sp³-hybridized carbons (Fsp3) is 1.00. The molecular formula is C6H14S2Se. The van der Waals surface area contributed by atoms with Crippen molar-refractivity contribution in [2.24, 2.45) is 0 Å². The third kappa shape index (κ3) is 9.22. The predicted molar refractivity (Wildman–Crippen MR) is 52.3 cm³/mol. The van der Waals surface area contributed by atoms with Gasteiger partial charge in [-0.3, -0.25) is 0 Å². The van der Waals surface area contributed by atoms with Gasteiger partial charge in [0.25, 0.3) is 0 Å². The zero-order valence-corrected chi connectivity index (χ0v) is 9.37. The summed E-state index contributed by atoms with van der Waals surface area (Å²) in [5.74, 6) is 0. The van der Waals surface area contributed by atoms with E-state index in [4.69, 9.17) is 0 Å². The van der Waals surface area contributed by atoms with E-state index in [-0.39, 0.29) is 0 Å². The molecule has 0 saturated carbocycles. The second-order valence-corrected chi connectivity index (χ2v) is 6.25. The van der Waals surface area contributed by atoms with Gasteiger partial charge in [0.15, 0.2) is 0 Å². The van der Waals surface area contributed by atoms with Gasteiger partial charge in [0.1, 0.15) is 0 Å². The Morgan fingerprint density at radius 1 is 1.11 bits per heavy atom. The third-order valence-corrected chi connectivity index (χ3v) is 5.28. The van der Waals surface area contributed by atoms with Crippen molar-refractivity contribution in [3.05, 3.63) is 0 Å². The van der Waals surface area contributed by atoms with Gasteiger partial charge in [-0.05, 0) is 0 Å². The average Bonchev–Trinajstić information content (AvgIpc) is 1.63. The molecule has 0 radical (unpaired) electrons. The van der Waals surface area contributed by atoms with E-state index < -0.39 is 0 Å². The molecule has 2 unspecified atom stereocenters. The standard InChI is InChI=1S/C6H14S2Se/c1-5(7)3-9-4-6(2)8/h5-8H,3-4H2,1-2H3. The molecule has 0 bridgehead atoms. The van der Waals surface area contributed by atoms with Crippen LogP contribution in [0.5, 0.6) is 0 Å². The summed E-state index contributed by atoms with van der Waals surface area (Å²) >= 11 is 9.35. The van der Waals surface area contributed by atoms with Gasteiger partial charge in [-0.25, -0.2) is 0 Å². The summed E-state index contributed by atoms with van der Waals surface area (Å²) in [4.78, 5) is 0. The Morgan fingerprint density at radius 2 is 1.44 bits per heavy atom. The topological polar surface area (TPSA) is 0 Å². The molecule has 2 atom stereocenters. The monoisotopic (exact) mass is 230 g/mol. The van der Waals surface area contributed by atoms with Gasteiger partial charge in [-0.2, -0.15) is 0 Å². The Bertz CT molecular complexity index is 56.1. The molecule has 0 fully saturated rings. The number of hydrogen-bond acceptors (Lipinski definition) is 2. The van der Waals surface area contributed by atoms with Crippen LogP contribution < -0.4 is 0 Å². The van der Waals surface area contributed by atoms with Gasteiger partial charge in [0, 0.05) is 0 Å². The quantitative estimate of drug-likeness (QED) is 0.535. The molecule has 0 aromatic heterocycles. The zero-order valence-electron chi connectivity index (χ0n) is 5.87. The maximum atomic E-state index is 4.29. The summed E-state index contributed by atoms with van der Waals surface area (Å²) in [6.07, 6.45) is 0. The summed E-state index contributed by atoms with van der Waals surface area (Å²) in [5.41, 5.74) is 0. The first-order chi connectivity index (χ1) is 4.13. The van der Waals surface area contributed by atoms with Crippen LogP contribution in [0.4, 0.5) is 0 Å². The van der Waals surface area contributed by atoms with Crippen molar-refractivity contribution in [1.82, 2.24) is 0 Å². The molecule has 56 valence electrons. The van der Waals surface area contributed by atoms with Crippen molar-refractivity contribution >= 4 is 40.2 Å². The molecule has 0 amide bonds. The minimum atomic E-state index is 0.581. The van der Waals surface area contributed by atoms with E-state index in [2.05, 4.69) is 39.1 Å². The van der Waals surface area contributed by atoms with Crippen molar-refractivity contribution in [2.45, 2.75) is 35.0 Å². The Labute approximate surface area is 75.2 Å². The van der Waals surface area contributed by atoms with Crippen LogP contribution in [0.15, 0.2) is 0 Å². The molecule has 0 aromatic rings. The zero-order chi connectivity index (χ0) is 7.28. The molecule has 0 aromatic carbocycles. The van der Waals surface area contributed by atoms with E-state index in [0.29, 0.717) is 10.5 Å². The van der Waals surface area contributed by atoms with E-state index in [1.54, 1.807) is 0 Å². The fourth-order valence-electron chi connectivity index (χ4n) is 0.409. The molecule has 0 nitrogen and oxygen atoms in total. The van der Waals surface area contributed by atoms with Crippen LogP contribution in [-0.4, -0.2) is 25.5 Å². The van der Waals surface area contributed by atoms with E-state index in [0.717, 1.165) is 15.0 Å². The maximum absolute atomic E-state index is 4.29. The van der Waals surface area contributed by atoms with Gasteiger partial charge in [-0.15, -0.1) is 0 Å². The van der Waals surface area contributed by atoms with E-state index in [1.807, 2.05) is 0 Å². The first-order valence-corrected chi connectivity index (χ1v) is 6.52. The van der Waals surface area contributed by atoms with Crippen molar-refractivity contribution in [2.75, 3.05) is 0 Å². The van der Waals surface area contributed by atoms with Crippen LogP contribution >= 0.6 is 25.3 Å². The number of thiol groups is 2. The Balaban J connectivity index is 2.91. The molecule has 0 aliphatic heterocycles. The number of rotatable bonds is 4. The van der Waals surface area contributed by atoms with Crippen LogP contribution in [0, 0.1) is 0 Å². The molecule has 0 aliphatic carbocycles. The molecule has 9 heavy (non-hydrogen) atoms. The average molecular weight is 229 g/mol. The van der Waals surface area contributed by atoms with E-state index >= 15 is 0 Å². The fourth-order valence-corrected chi connectivity index (χ4v) is 3.22. The minimum absolute atomic E-state index is 0.581. The van der Waals surface area contributed by atoms with Crippen LogP contribution in [0.1, 0.15) is 13.8 Å². The van der Waals surface area contributed by atoms with Crippen LogP contribution in [0.3, 0.4) is 0 Å². The molecule has 0 spiro atoms. The number of hydrogen-bond donors (Lipinski definition) is 2. The molecule has 0 heterocycles. The normalized spacial score (nSPS) is 17.3. The first-order valence-electron chi connectivity index (χ1n) is 3.06. The van der Waals surface area contributed by atoms with Crippen molar-refractivity contribution in [3.8, 4) is 0 Å². The van der Waals surface area contributed by atoms with Gasteiger partial charge >= 0.3 is 75.2 Å². The summed E-state index contributed by atoms with van der Waals surface area (Å²) in [5, 5.41) is 3.72. The predicted octanol–water partition coefficient (Wildman–Crippen LogP) is 2.16. The molecule has 0 saturated heterocycles. The van der Waals surface area contributed by atoms with Gasteiger partial charge in [-0.1, -0.05) is 0 Å². The van der Waals surface area contributed by atoms with Crippen LogP contribution in [0.25, 0.3) is 0 Å². The Morgan fingerprint density at radius 3 is 1.67 bits per heavy atom. The van der Waals surface area contributed by atoms with Crippen molar-refractivity contribution in [1.29, 1.82) is 0 Å². The molecule has 0 rings (SSSR count). The van der Waals surface area contributed by atoms with Crippen LogP contribution in [-0.2, 0) is 0 Å². The van der Waals surface area contributed by atoms with E-state index in [9.17, 15) is 0 Å². The van der Waals surface area contributed by atoms with Crippen molar-refractivity contribution < 1.29 is 0 Å². The summed E-state index contributed by atoms with van der Waals surface area (Å²) in [6.45, 7) is 4.29. The summed E-state index contributed by atoms with van der Waals surface area (Å²) < 4.78 is 0. The van der Waals surface area contributed by atoms with Gasteiger partial charge < -0.3 is 0 Å². The van der Waals surface area contributed by atoms with Crippen LogP contribution in [0.2, 0.25) is 10.6 Å². The summed E-state index contributed by atoms with van der Waals surface area (Å²) in [6, 6.07) is 0. The van der Waals surface area contributed by atoms with Gasteiger partial charge in [0.05, 0.1) is 0 Å². The Kier molecular flexibility index (Phi) is 6.77. The first kappa shape index (κ1) is 10.2. The third-order valence-electron chi connectivity index (χ3n) is 0.718. The Hall–Kier alpha value is 1.22. The van der Waals surface area contributed by atoms with Crippen molar-refractivity contribution in [3.63, 3.8) is 0 Å².